The molecule has 1 N–H and O–H groups in total. The van der Waals surface area contributed by atoms with E-state index in [9.17, 15) is 0 Å². The van der Waals surface area contributed by atoms with Gasteiger partial charge in [0.15, 0.2) is 11.5 Å². The third-order valence-electron chi connectivity index (χ3n) is 4.21. The van der Waals surface area contributed by atoms with Gasteiger partial charge in [-0.25, -0.2) is 0 Å². The van der Waals surface area contributed by atoms with E-state index in [1.54, 1.807) is 14.2 Å². The molecule has 1 aliphatic rings. The number of ether oxygens (including phenoxy) is 2. The molecular weight excluding hydrogens is 344 g/mol. The van der Waals surface area contributed by atoms with Gasteiger partial charge in [0.05, 0.1) is 18.7 Å². The molecule has 1 aromatic carbocycles. The number of rotatable bonds is 6. The zero-order chi connectivity index (χ0) is 16.1. The van der Waals surface area contributed by atoms with Crippen molar-refractivity contribution in [2.45, 2.75) is 26.2 Å². The molecule has 1 heterocycles. The van der Waals surface area contributed by atoms with Crippen molar-refractivity contribution in [3.8, 4) is 11.5 Å². The lowest BCUT2D eigenvalue weighted by Gasteiger charge is -2.28. The first-order chi connectivity index (χ1) is 10.6. The highest BCUT2D eigenvalue weighted by Crippen LogP contribution is 2.43. The second-order valence-corrected chi connectivity index (χ2v) is 6.85. The fraction of sp³-hybridized carbons (Fsp3) is 0.647. The van der Waals surface area contributed by atoms with Crippen LogP contribution in [0.4, 0.5) is 0 Å². The smallest absolute Gasteiger partial charge is 0.175 e. The Hall–Kier alpha value is -0.780. The molecule has 0 atom stereocenters. The second-order valence-electron chi connectivity index (χ2n) is 5.99. The molecule has 0 spiro atoms. The van der Waals surface area contributed by atoms with E-state index in [0.717, 1.165) is 55.1 Å². The third-order valence-corrected chi connectivity index (χ3v) is 4.80. The van der Waals surface area contributed by atoms with Gasteiger partial charge >= 0.3 is 0 Å². The highest BCUT2D eigenvalue weighted by Gasteiger charge is 2.21. The van der Waals surface area contributed by atoms with Crippen LogP contribution in [0.5, 0.6) is 11.5 Å². The lowest BCUT2D eigenvalue weighted by Crippen LogP contribution is -2.44. The fourth-order valence-electron chi connectivity index (χ4n) is 3.12. The Balaban J connectivity index is 2.26. The van der Waals surface area contributed by atoms with E-state index in [1.165, 1.54) is 11.1 Å². The van der Waals surface area contributed by atoms with Crippen LogP contribution < -0.4 is 14.8 Å². The summed E-state index contributed by atoms with van der Waals surface area (Å²) in [6, 6.07) is 2.19. The maximum absolute atomic E-state index is 5.66. The second kappa shape index (κ2) is 8.18. The Morgan fingerprint density at radius 3 is 2.36 bits per heavy atom. The van der Waals surface area contributed by atoms with Crippen molar-refractivity contribution in [2.75, 3.05) is 46.9 Å². The van der Waals surface area contributed by atoms with Gasteiger partial charge in [-0.3, -0.25) is 0 Å². The van der Waals surface area contributed by atoms with Gasteiger partial charge in [-0.15, -0.1) is 0 Å². The number of hydrogen-bond donors (Lipinski definition) is 1. The first-order valence-corrected chi connectivity index (χ1v) is 8.74. The first kappa shape index (κ1) is 17.6. The van der Waals surface area contributed by atoms with E-state index in [2.05, 4.69) is 46.1 Å². The zero-order valence-electron chi connectivity index (χ0n) is 14.0. The standard InChI is InChI=1S/C17H27BrN2O2/c1-12(2)15-13(5-8-20-9-6-19-7-10-20)11-14(18)16(21-3)17(15)22-4/h11-12,19H,5-10H2,1-4H3. The molecule has 0 unspecified atom stereocenters. The molecule has 4 nitrogen and oxygen atoms in total. The summed E-state index contributed by atoms with van der Waals surface area (Å²) >= 11 is 3.62. The van der Waals surface area contributed by atoms with Gasteiger partial charge in [0.1, 0.15) is 0 Å². The lowest BCUT2D eigenvalue weighted by molar-refractivity contribution is 0.243. The SMILES string of the molecule is COc1c(Br)cc(CCN2CCNCC2)c(C(C)C)c1OC. The molecule has 0 aromatic heterocycles. The highest BCUT2D eigenvalue weighted by molar-refractivity contribution is 9.10. The van der Waals surface area contributed by atoms with Gasteiger partial charge in [0, 0.05) is 38.3 Å². The summed E-state index contributed by atoms with van der Waals surface area (Å²) in [6.45, 7) is 9.94. The summed E-state index contributed by atoms with van der Waals surface area (Å²) in [5, 5.41) is 3.40. The average Bonchev–Trinajstić information content (AvgIpc) is 2.52. The van der Waals surface area contributed by atoms with Gasteiger partial charge in [-0.2, -0.15) is 0 Å². The molecule has 1 aliphatic heterocycles. The molecule has 0 aliphatic carbocycles. The number of nitrogens with one attached hydrogen (secondary N) is 1. The molecule has 1 aromatic rings. The molecule has 1 saturated heterocycles. The van der Waals surface area contributed by atoms with E-state index in [-0.39, 0.29) is 0 Å². The van der Waals surface area contributed by atoms with Crippen LogP contribution in [-0.2, 0) is 6.42 Å². The van der Waals surface area contributed by atoms with Crippen LogP contribution in [0, 0.1) is 0 Å². The molecule has 0 bridgehead atoms. The van der Waals surface area contributed by atoms with Crippen LogP contribution in [0.25, 0.3) is 0 Å². The van der Waals surface area contributed by atoms with Gasteiger partial charge in [-0.1, -0.05) is 13.8 Å². The molecule has 1 fully saturated rings. The van der Waals surface area contributed by atoms with Crippen LogP contribution in [0.1, 0.15) is 30.9 Å². The van der Waals surface area contributed by atoms with Crippen molar-refractivity contribution >= 4 is 15.9 Å². The maximum atomic E-state index is 5.66. The highest BCUT2D eigenvalue weighted by atomic mass is 79.9. The average molecular weight is 371 g/mol. The molecular formula is C17H27BrN2O2. The van der Waals surface area contributed by atoms with Crippen molar-refractivity contribution in [1.82, 2.24) is 10.2 Å². The minimum Gasteiger partial charge on any atom is -0.493 e. The monoisotopic (exact) mass is 370 g/mol. The normalized spacial score (nSPS) is 16.1. The van der Waals surface area contributed by atoms with Crippen molar-refractivity contribution in [3.63, 3.8) is 0 Å². The molecule has 2 rings (SSSR count). The number of benzene rings is 1. The summed E-state index contributed by atoms with van der Waals surface area (Å²) in [7, 11) is 3.41. The van der Waals surface area contributed by atoms with Crippen LogP contribution in [-0.4, -0.2) is 51.8 Å². The first-order valence-electron chi connectivity index (χ1n) is 7.94. The van der Waals surface area contributed by atoms with E-state index >= 15 is 0 Å². The van der Waals surface area contributed by atoms with Crippen LogP contribution in [0.15, 0.2) is 10.5 Å². The molecule has 0 radical (unpaired) electrons. The fourth-order valence-corrected chi connectivity index (χ4v) is 3.74. The topological polar surface area (TPSA) is 33.7 Å². The Bertz CT molecular complexity index is 500. The summed E-state index contributed by atoms with van der Waals surface area (Å²) < 4.78 is 12.1. The van der Waals surface area contributed by atoms with Crippen molar-refractivity contribution in [3.05, 3.63) is 21.7 Å². The summed E-state index contributed by atoms with van der Waals surface area (Å²) in [4.78, 5) is 2.52. The summed E-state index contributed by atoms with van der Waals surface area (Å²) in [5.41, 5.74) is 2.61. The maximum Gasteiger partial charge on any atom is 0.175 e. The molecule has 5 heteroatoms. The predicted octanol–water partition coefficient (Wildman–Crippen LogP) is 3.04. The minimum atomic E-state index is 0.398. The zero-order valence-corrected chi connectivity index (χ0v) is 15.6. The van der Waals surface area contributed by atoms with Crippen molar-refractivity contribution in [2.24, 2.45) is 0 Å². The number of nitrogens with zero attached hydrogens (tertiary/aromatic N) is 1. The van der Waals surface area contributed by atoms with Crippen molar-refractivity contribution < 1.29 is 9.47 Å². The van der Waals surface area contributed by atoms with Gasteiger partial charge in [0.2, 0.25) is 0 Å². The van der Waals surface area contributed by atoms with Gasteiger partial charge in [0.25, 0.3) is 0 Å². The molecule has 124 valence electrons. The van der Waals surface area contributed by atoms with E-state index in [4.69, 9.17) is 9.47 Å². The quantitative estimate of drug-likeness (QED) is 0.834. The third kappa shape index (κ3) is 3.94. The summed E-state index contributed by atoms with van der Waals surface area (Å²) in [6.07, 6.45) is 1.03. The molecule has 0 saturated carbocycles. The minimum absolute atomic E-state index is 0.398. The van der Waals surface area contributed by atoms with Crippen LogP contribution >= 0.6 is 15.9 Å². The number of piperazine rings is 1. The Morgan fingerprint density at radius 1 is 1.18 bits per heavy atom. The Labute approximate surface area is 142 Å². The number of methoxy groups -OCH3 is 2. The van der Waals surface area contributed by atoms with Crippen LogP contribution in [0.3, 0.4) is 0 Å². The van der Waals surface area contributed by atoms with Crippen molar-refractivity contribution in [1.29, 1.82) is 0 Å². The largest absolute Gasteiger partial charge is 0.493 e. The Morgan fingerprint density at radius 2 is 1.82 bits per heavy atom. The van der Waals surface area contributed by atoms with E-state index in [1.807, 2.05) is 0 Å². The molecule has 0 amide bonds. The summed E-state index contributed by atoms with van der Waals surface area (Å²) in [5.74, 6) is 2.05. The predicted molar refractivity (Wildman–Crippen MR) is 94.3 cm³/mol. The number of halogens is 1. The lowest BCUT2D eigenvalue weighted by atomic mass is 9.93. The number of hydrogen-bond acceptors (Lipinski definition) is 4. The van der Waals surface area contributed by atoms with Gasteiger partial charge in [-0.05, 0) is 39.9 Å². The van der Waals surface area contributed by atoms with E-state index in [0.29, 0.717) is 5.92 Å². The van der Waals surface area contributed by atoms with E-state index < -0.39 is 0 Å². The Kier molecular flexibility index (Phi) is 6.53. The van der Waals surface area contributed by atoms with Gasteiger partial charge < -0.3 is 19.7 Å². The molecule has 22 heavy (non-hydrogen) atoms. The van der Waals surface area contributed by atoms with Crippen LogP contribution in [0.2, 0.25) is 0 Å².